The second-order valence-electron chi connectivity index (χ2n) is 10.3. The summed E-state index contributed by atoms with van der Waals surface area (Å²) in [6, 6.07) is 10.7. The van der Waals surface area contributed by atoms with Crippen LogP contribution in [0.4, 0.5) is 0 Å². The van der Waals surface area contributed by atoms with Crippen molar-refractivity contribution in [2.45, 2.75) is 62.9 Å². The SMILES string of the molecule is CCCNS(=O)(=O)c1ccc2c(c1)CC(N(Cc1cc(Cl)ccc1OCCOC)C(=O)CC1CCOCC1)C2. The van der Waals surface area contributed by atoms with E-state index >= 15 is 0 Å². The van der Waals surface area contributed by atoms with E-state index in [0.29, 0.717) is 69.6 Å². The fourth-order valence-corrected chi connectivity index (χ4v) is 6.62. The number of sulfonamides is 1. The first-order chi connectivity index (χ1) is 18.8. The Hall–Kier alpha value is -2.17. The van der Waals surface area contributed by atoms with Crippen LogP contribution >= 0.6 is 11.6 Å². The lowest BCUT2D eigenvalue weighted by Gasteiger charge is -2.32. The van der Waals surface area contributed by atoms with Crippen molar-refractivity contribution in [3.8, 4) is 5.75 Å². The number of hydrogen-bond acceptors (Lipinski definition) is 6. The Labute approximate surface area is 237 Å². The summed E-state index contributed by atoms with van der Waals surface area (Å²) in [4.78, 5) is 16.0. The molecule has 1 saturated heterocycles. The minimum absolute atomic E-state index is 0.0833. The summed E-state index contributed by atoms with van der Waals surface area (Å²) in [5.41, 5.74) is 2.87. The summed E-state index contributed by atoms with van der Waals surface area (Å²) in [7, 11) is -1.95. The number of fused-ring (bicyclic) bond motifs is 1. The highest BCUT2D eigenvalue weighted by Crippen LogP contribution is 2.32. The average Bonchev–Trinajstić information content (AvgIpc) is 3.35. The summed E-state index contributed by atoms with van der Waals surface area (Å²) in [6.07, 6.45) is 4.18. The molecule has 2 aromatic rings. The molecular formula is C29H39ClN2O6S. The maximum absolute atomic E-state index is 13.8. The summed E-state index contributed by atoms with van der Waals surface area (Å²) in [5, 5.41) is 0.574. The predicted molar refractivity (Wildman–Crippen MR) is 151 cm³/mol. The fraction of sp³-hybridized carbons (Fsp3) is 0.552. The van der Waals surface area contributed by atoms with E-state index in [4.69, 9.17) is 25.8 Å². The molecule has 1 heterocycles. The number of carbonyl (C=O) groups excluding carboxylic acids is 1. The molecule has 1 aliphatic heterocycles. The van der Waals surface area contributed by atoms with E-state index in [-0.39, 0.29) is 22.8 Å². The number of methoxy groups -OCH3 is 1. The van der Waals surface area contributed by atoms with Gasteiger partial charge >= 0.3 is 0 Å². The second-order valence-corrected chi connectivity index (χ2v) is 12.5. The molecule has 2 aliphatic rings. The lowest BCUT2D eigenvalue weighted by molar-refractivity contribution is -0.135. The second kappa shape index (κ2) is 13.9. The zero-order chi connectivity index (χ0) is 27.8. The van der Waals surface area contributed by atoms with E-state index in [0.717, 1.165) is 36.0 Å². The Morgan fingerprint density at radius 3 is 2.62 bits per heavy atom. The number of benzene rings is 2. The smallest absolute Gasteiger partial charge is 0.240 e. The van der Waals surface area contributed by atoms with E-state index in [2.05, 4.69) is 4.72 Å². The third kappa shape index (κ3) is 7.95. The van der Waals surface area contributed by atoms with E-state index in [1.165, 1.54) is 0 Å². The van der Waals surface area contributed by atoms with Gasteiger partial charge < -0.3 is 19.1 Å². The molecule has 214 valence electrons. The third-order valence-corrected chi connectivity index (χ3v) is 9.11. The van der Waals surface area contributed by atoms with Gasteiger partial charge in [-0.1, -0.05) is 24.6 Å². The van der Waals surface area contributed by atoms with Gasteiger partial charge in [-0.3, -0.25) is 4.79 Å². The van der Waals surface area contributed by atoms with Gasteiger partial charge in [-0.05, 0) is 79.5 Å². The minimum atomic E-state index is -3.57. The van der Waals surface area contributed by atoms with E-state index in [9.17, 15) is 13.2 Å². The molecule has 1 unspecified atom stereocenters. The number of hydrogen-bond donors (Lipinski definition) is 1. The molecule has 4 rings (SSSR count). The maximum atomic E-state index is 13.8. The van der Waals surface area contributed by atoms with Crippen LogP contribution in [-0.4, -0.2) is 65.3 Å². The lowest BCUT2D eigenvalue weighted by atomic mass is 9.95. The number of nitrogens with one attached hydrogen (secondary N) is 1. The molecule has 0 bridgehead atoms. The van der Waals surface area contributed by atoms with Crippen molar-refractivity contribution in [2.75, 3.05) is 40.1 Å². The van der Waals surface area contributed by atoms with E-state index in [1.807, 2.05) is 30.0 Å². The first-order valence-electron chi connectivity index (χ1n) is 13.7. The Bertz CT molecular complexity index is 1230. The van der Waals surface area contributed by atoms with Crippen LogP contribution in [-0.2, 0) is 43.7 Å². The summed E-state index contributed by atoms with van der Waals surface area (Å²) < 4.78 is 44.7. The molecule has 0 radical (unpaired) electrons. The number of halogens is 1. The van der Waals surface area contributed by atoms with Gasteiger partial charge in [-0.2, -0.15) is 0 Å². The van der Waals surface area contributed by atoms with Crippen molar-refractivity contribution >= 4 is 27.5 Å². The molecule has 2 aromatic carbocycles. The standard InChI is InChI=1S/C29H39ClN2O6S/c1-3-10-31-39(34,35)27-6-4-22-17-26(18-23(22)19-27)32(29(33)15-21-8-11-37-12-9-21)20-24-16-25(30)5-7-28(24)38-14-13-36-2/h4-7,16,19,21,26,31H,3,8-15,17-18,20H2,1-2H3. The van der Waals surface area contributed by atoms with E-state index < -0.39 is 10.0 Å². The lowest BCUT2D eigenvalue weighted by Crippen LogP contribution is -2.41. The molecule has 0 aromatic heterocycles. The molecule has 0 saturated carbocycles. The van der Waals surface area contributed by atoms with Crippen LogP contribution < -0.4 is 9.46 Å². The van der Waals surface area contributed by atoms with Gasteiger partial charge in [0.15, 0.2) is 0 Å². The van der Waals surface area contributed by atoms with Gasteiger partial charge in [0.05, 0.1) is 11.5 Å². The van der Waals surface area contributed by atoms with E-state index in [1.54, 1.807) is 25.3 Å². The molecule has 8 nitrogen and oxygen atoms in total. The Morgan fingerprint density at radius 2 is 1.87 bits per heavy atom. The minimum Gasteiger partial charge on any atom is -0.491 e. The quantitative estimate of drug-likeness (QED) is 0.355. The number of nitrogens with zero attached hydrogens (tertiary/aromatic N) is 1. The van der Waals surface area contributed by atoms with Crippen molar-refractivity contribution in [2.24, 2.45) is 5.92 Å². The largest absolute Gasteiger partial charge is 0.491 e. The summed E-state index contributed by atoms with van der Waals surface area (Å²) in [6.45, 7) is 4.88. The Morgan fingerprint density at radius 1 is 1.10 bits per heavy atom. The molecule has 0 spiro atoms. The van der Waals surface area contributed by atoms with Crippen LogP contribution in [0.15, 0.2) is 41.3 Å². The Balaban J connectivity index is 1.58. The van der Waals surface area contributed by atoms with Crippen LogP contribution in [0.1, 0.15) is 49.3 Å². The van der Waals surface area contributed by atoms with Gasteiger partial charge in [0.25, 0.3) is 0 Å². The first kappa shape index (κ1) is 29.8. The average molecular weight is 579 g/mol. The van der Waals surface area contributed by atoms with Crippen molar-refractivity contribution in [1.82, 2.24) is 9.62 Å². The molecular weight excluding hydrogens is 540 g/mol. The highest BCUT2D eigenvalue weighted by atomic mass is 35.5. The Kier molecular flexibility index (Phi) is 10.7. The highest BCUT2D eigenvalue weighted by molar-refractivity contribution is 7.89. The normalized spacial score (nSPS) is 17.7. The molecule has 1 N–H and O–H groups in total. The van der Waals surface area contributed by atoms with Gasteiger partial charge in [-0.15, -0.1) is 0 Å². The van der Waals surface area contributed by atoms with Gasteiger partial charge in [0.2, 0.25) is 15.9 Å². The number of rotatable bonds is 13. The van der Waals surface area contributed by atoms with Gasteiger partial charge in [0, 0.05) is 56.5 Å². The zero-order valence-corrected chi connectivity index (χ0v) is 24.4. The van der Waals surface area contributed by atoms with Crippen LogP contribution in [0.5, 0.6) is 5.75 Å². The number of ether oxygens (including phenoxy) is 3. The van der Waals surface area contributed by atoms with Gasteiger partial charge in [0.1, 0.15) is 12.4 Å². The molecule has 1 fully saturated rings. The number of amides is 1. The van der Waals surface area contributed by atoms with Gasteiger partial charge in [-0.25, -0.2) is 13.1 Å². The topological polar surface area (TPSA) is 94.2 Å². The third-order valence-electron chi connectivity index (χ3n) is 7.41. The van der Waals surface area contributed by atoms with Crippen molar-refractivity contribution in [3.63, 3.8) is 0 Å². The van der Waals surface area contributed by atoms with Crippen LogP contribution in [0.3, 0.4) is 0 Å². The monoisotopic (exact) mass is 578 g/mol. The molecule has 39 heavy (non-hydrogen) atoms. The zero-order valence-electron chi connectivity index (χ0n) is 22.8. The molecule has 1 atom stereocenters. The molecule has 1 amide bonds. The maximum Gasteiger partial charge on any atom is 0.240 e. The van der Waals surface area contributed by atoms with Crippen LogP contribution in [0.2, 0.25) is 5.02 Å². The van der Waals surface area contributed by atoms with Crippen molar-refractivity contribution < 1.29 is 27.4 Å². The van der Waals surface area contributed by atoms with Crippen LogP contribution in [0, 0.1) is 5.92 Å². The molecule has 1 aliphatic carbocycles. The van der Waals surface area contributed by atoms with Crippen molar-refractivity contribution in [3.05, 3.63) is 58.1 Å². The fourth-order valence-electron chi connectivity index (χ4n) is 5.25. The van der Waals surface area contributed by atoms with Crippen molar-refractivity contribution in [1.29, 1.82) is 0 Å². The number of carbonyl (C=O) groups is 1. The van der Waals surface area contributed by atoms with Crippen LogP contribution in [0.25, 0.3) is 0 Å². The summed E-state index contributed by atoms with van der Waals surface area (Å²) in [5.74, 6) is 1.04. The summed E-state index contributed by atoms with van der Waals surface area (Å²) >= 11 is 6.37. The predicted octanol–water partition coefficient (Wildman–Crippen LogP) is 4.37. The molecule has 10 heteroatoms. The highest BCUT2D eigenvalue weighted by Gasteiger charge is 2.33. The first-order valence-corrected chi connectivity index (χ1v) is 15.6.